The van der Waals surface area contributed by atoms with Crippen molar-refractivity contribution in [2.45, 2.75) is 6.42 Å². The Balaban J connectivity index is 1.59. The lowest BCUT2D eigenvalue weighted by Crippen LogP contribution is -2.01. The van der Waals surface area contributed by atoms with E-state index in [1.54, 1.807) is 6.07 Å². The molecule has 0 radical (unpaired) electrons. The molecule has 2 heteroatoms. The highest BCUT2D eigenvalue weighted by molar-refractivity contribution is 5.63. The van der Waals surface area contributed by atoms with E-state index in [-0.39, 0.29) is 0 Å². The second-order valence-electron chi connectivity index (χ2n) is 5.12. The van der Waals surface area contributed by atoms with Crippen LogP contribution in [0.15, 0.2) is 78.9 Å². The number of para-hydroxylation sites is 1. The first kappa shape index (κ1) is 14.2. The number of ether oxygens (including phenoxy) is 1. The Labute approximate surface area is 130 Å². The summed E-state index contributed by atoms with van der Waals surface area (Å²) in [6, 6.07) is 25.7. The molecular formula is C20H18O2. The number of phenols is 1. The molecule has 3 rings (SSSR count). The zero-order valence-electron chi connectivity index (χ0n) is 12.3. The summed E-state index contributed by atoms with van der Waals surface area (Å²) < 4.78 is 5.74. The van der Waals surface area contributed by atoms with E-state index in [2.05, 4.69) is 24.3 Å². The lowest BCUT2D eigenvalue weighted by atomic mass is 10.1. The van der Waals surface area contributed by atoms with Crippen LogP contribution >= 0.6 is 0 Å². The summed E-state index contributed by atoms with van der Waals surface area (Å²) in [6.07, 6.45) is 0.688. The Hall–Kier alpha value is -2.74. The topological polar surface area (TPSA) is 29.5 Å². The lowest BCUT2D eigenvalue weighted by molar-refractivity contribution is 0.319. The fraction of sp³-hybridized carbons (Fsp3) is 0.100. The Morgan fingerprint density at radius 2 is 1.32 bits per heavy atom. The van der Waals surface area contributed by atoms with Crippen LogP contribution in [0.1, 0.15) is 5.56 Å². The summed E-state index contributed by atoms with van der Waals surface area (Å²) in [6.45, 7) is 0.544. The summed E-state index contributed by atoms with van der Waals surface area (Å²) in [5.74, 6) is 1.17. The number of phenolic OH excluding ortho intramolecular Hbond substituents is 1. The lowest BCUT2D eigenvalue weighted by Gasteiger charge is -2.08. The average Bonchev–Trinajstić information content (AvgIpc) is 2.58. The molecule has 0 spiro atoms. The minimum absolute atomic E-state index is 0.325. The highest BCUT2D eigenvalue weighted by Crippen LogP contribution is 2.22. The quantitative estimate of drug-likeness (QED) is 0.739. The summed E-state index contributed by atoms with van der Waals surface area (Å²) in [4.78, 5) is 0. The summed E-state index contributed by atoms with van der Waals surface area (Å²) in [5.41, 5.74) is 3.28. The third kappa shape index (κ3) is 3.47. The van der Waals surface area contributed by atoms with Gasteiger partial charge in [-0.25, -0.2) is 0 Å². The molecule has 0 unspecified atom stereocenters. The van der Waals surface area contributed by atoms with Crippen molar-refractivity contribution in [2.75, 3.05) is 6.61 Å². The maximum absolute atomic E-state index is 9.71. The molecule has 0 heterocycles. The van der Waals surface area contributed by atoms with Gasteiger partial charge in [-0.1, -0.05) is 60.7 Å². The molecule has 1 N–H and O–H groups in total. The van der Waals surface area contributed by atoms with E-state index in [1.165, 1.54) is 11.1 Å². The SMILES string of the molecule is Oc1ccccc1CCOc1ccc(-c2ccccc2)cc1. The van der Waals surface area contributed by atoms with Crippen molar-refractivity contribution in [1.82, 2.24) is 0 Å². The second-order valence-corrected chi connectivity index (χ2v) is 5.12. The first-order chi connectivity index (χ1) is 10.8. The number of rotatable bonds is 5. The van der Waals surface area contributed by atoms with E-state index in [4.69, 9.17) is 4.74 Å². The minimum Gasteiger partial charge on any atom is -0.508 e. The van der Waals surface area contributed by atoms with Gasteiger partial charge in [-0.15, -0.1) is 0 Å². The van der Waals surface area contributed by atoms with Crippen LogP contribution < -0.4 is 4.74 Å². The Morgan fingerprint density at radius 1 is 0.682 bits per heavy atom. The van der Waals surface area contributed by atoms with Gasteiger partial charge in [0.2, 0.25) is 0 Å². The standard InChI is InChI=1S/C20H18O2/c21-20-9-5-4-8-18(20)14-15-22-19-12-10-17(11-13-19)16-6-2-1-3-7-16/h1-13,21H,14-15H2. The third-order valence-electron chi connectivity index (χ3n) is 3.59. The zero-order valence-corrected chi connectivity index (χ0v) is 12.3. The Bertz CT molecular complexity index is 718. The second kappa shape index (κ2) is 6.81. The van der Waals surface area contributed by atoms with Gasteiger partial charge < -0.3 is 9.84 Å². The summed E-state index contributed by atoms with van der Waals surface area (Å²) in [7, 11) is 0. The molecule has 0 fully saturated rings. The fourth-order valence-corrected chi connectivity index (χ4v) is 2.38. The monoisotopic (exact) mass is 290 g/mol. The van der Waals surface area contributed by atoms with E-state index >= 15 is 0 Å². The third-order valence-corrected chi connectivity index (χ3v) is 3.59. The van der Waals surface area contributed by atoms with E-state index in [0.29, 0.717) is 18.8 Å². The van der Waals surface area contributed by atoms with Crippen molar-refractivity contribution in [2.24, 2.45) is 0 Å². The van der Waals surface area contributed by atoms with Gasteiger partial charge in [0.05, 0.1) is 6.61 Å². The Kier molecular flexibility index (Phi) is 4.40. The maximum Gasteiger partial charge on any atom is 0.119 e. The van der Waals surface area contributed by atoms with Gasteiger partial charge in [0.1, 0.15) is 11.5 Å². The van der Waals surface area contributed by atoms with Gasteiger partial charge in [-0.3, -0.25) is 0 Å². The van der Waals surface area contributed by atoms with E-state index in [9.17, 15) is 5.11 Å². The highest BCUT2D eigenvalue weighted by atomic mass is 16.5. The van der Waals surface area contributed by atoms with Crippen LogP contribution in [0.2, 0.25) is 0 Å². The molecule has 2 nitrogen and oxygen atoms in total. The molecule has 0 atom stereocenters. The van der Waals surface area contributed by atoms with Crippen LogP contribution in [-0.2, 0) is 6.42 Å². The molecule has 0 amide bonds. The van der Waals surface area contributed by atoms with E-state index in [0.717, 1.165) is 11.3 Å². The van der Waals surface area contributed by atoms with Crippen molar-refractivity contribution < 1.29 is 9.84 Å². The van der Waals surface area contributed by atoms with Crippen molar-refractivity contribution in [3.05, 3.63) is 84.4 Å². The fourth-order valence-electron chi connectivity index (χ4n) is 2.38. The van der Waals surface area contributed by atoms with Crippen molar-refractivity contribution in [3.63, 3.8) is 0 Å². The van der Waals surface area contributed by atoms with Gasteiger partial charge >= 0.3 is 0 Å². The van der Waals surface area contributed by atoms with Crippen LogP contribution in [0, 0.1) is 0 Å². The molecule has 110 valence electrons. The highest BCUT2D eigenvalue weighted by Gasteiger charge is 2.01. The Morgan fingerprint density at radius 3 is 2.05 bits per heavy atom. The largest absolute Gasteiger partial charge is 0.508 e. The van der Waals surface area contributed by atoms with Crippen LogP contribution in [0.25, 0.3) is 11.1 Å². The van der Waals surface area contributed by atoms with Crippen LogP contribution in [0.5, 0.6) is 11.5 Å². The smallest absolute Gasteiger partial charge is 0.119 e. The average molecular weight is 290 g/mol. The van der Waals surface area contributed by atoms with E-state index < -0.39 is 0 Å². The maximum atomic E-state index is 9.71. The van der Waals surface area contributed by atoms with Gasteiger partial charge in [-0.05, 0) is 34.9 Å². The summed E-state index contributed by atoms with van der Waals surface area (Å²) in [5, 5.41) is 9.71. The molecule has 0 aliphatic rings. The predicted molar refractivity (Wildman–Crippen MR) is 89.2 cm³/mol. The molecule has 0 aliphatic heterocycles. The number of hydrogen-bond donors (Lipinski definition) is 1. The first-order valence-corrected chi connectivity index (χ1v) is 7.38. The molecule has 3 aromatic carbocycles. The minimum atomic E-state index is 0.325. The molecule has 0 saturated carbocycles. The van der Waals surface area contributed by atoms with Gasteiger partial charge in [0, 0.05) is 6.42 Å². The van der Waals surface area contributed by atoms with Crippen molar-refractivity contribution in [1.29, 1.82) is 0 Å². The number of aromatic hydroxyl groups is 1. The molecule has 0 aromatic heterocycles. The molecular weight excluding hydrogens is 272 g/mol. The molecule has 0 aliphatic carbocycles. The zero-order chi connectivity index (χ0) is 15.2. The van der Waals surface area contributed by atoms with Crippen molar-refractivity contribution >= 4 is 0 Å². The van der Waals surface area contributed by atoms with Gasteiger partial charge in [0.25, 0.3) is 0 Å². The normalized spacial score (nSPS) is 10.4. The van der Waals surface area contributed by atoms with E-state index in [1.807, 2.05) is 48.5 Å². The van der Waals surface area contributed by atoms with Crippen LogP contribution in [0.3, 0.4) is 0 Å². The van der Waals surface area contributed by atoms with Gasteiger partial charge in [0.15, 0.2) is 0 Å². The number of benzene rings is 3. The van der Waals surface area contributed by atoms with Gasteiger partial charge in [-0.2, -0.15) is 0 Å². The van der Waals surface area contributed by atoms with Crippen LogP contribution in [-0.4, -0.2) is 11.7 Å². The molecule has 0 bridgehead atoms. The van der Waals surface area contributed by atoms with Crippen molar-refractivity contribution in [3.8, 4) is 22.6 Å². The molecule has 22 heavy (non-hydrogen) atoms. The molecule has 3 aromatic rings. The number of hydrogen-bond acceptors (Lipinski definition) is 2. The first-order valence-electron chi connectivity index (χ1n) is 7.38. The molecule has 0 saturated heterocycles. The van der Waals surface area contributed by atoms with Crippen LogP contribution in [0.4, 0.5) is 0 Å². The summed E-state index contributed by atoms with van der Waals surface area (Å²) >= 11 is 0. The predicted octanol–water partition coefficient (Wildman–Crippen LogP) is 4.68.